The summed E-state index contributed by atoms with van der Waals surface area (Å²) in [7, 11) is 0. The molecule has 2 heterocycles. The molecule has 2 rings (SSSR count). The van der Waals surface area contributed by atoms with Gasteiger partial charge in [-0.2, -0.15) is 0 Å². The molecule has 0 radical (unpaired) electrons. The van der Waals surface area contributed by atoms with Gasteiger partial charge < -0.3 is 54.0 Å². The number of hydrogen-bond acceptors (Lipinski definition) is 12. The Balaban J connectivity index is 2.11. The minimum absolute atomic E-state index is 0.366. The summed E-state index contributed by atoms with van der Waals surface area (Å²) < 4.78 is 34.4. The van der Waals surface area contributed by atoms with Gasteiger partial charge in [-0.15, -0.1) is 0 Å². The summed E-state index contributed by atoms with van der Waals surface area (Å²) in [5, 5.41) is 52.5. The van der Waals surface area contributed by atoms with E-state index in [1.54, 1.807) is 0 Å². The van der Waals surface area contributed by atoms with Crippen LogP contribution in [0.2, 0.25) is 0 Å². The van der Waals surface area contributed by atoms with Gasteiger partial charge in [-0.1, -0.05) is 78.1 Å². The van der Waals surface area contributed by atoms with Crippen LogP contribution in [-0.4, -0.2) is 119 Å². The zero-order valence-electron chi connectivity index (χ0n) is 25.7. The summed E-state index contributed by atoms with van der Waals surface area (Å²) in [5.41, 5.74) is 0. The van der Waals surface area contributed by atoms with Crippen LogP contribution >= 0.6 is 0 Å². The minimum atomic E-state index is -1.74. The Kier molecular flexibility index (Phi) is 18.6. The molecular weight excluding hydrogens is 552 g/mol. The van der Waals surface area contributed by atoms with Crippen LogP contribution in [0.3, 0.4) is 0 Å². The van der Waals surface area contributed by atoms with Gasteiger partial charge in [0.05, 0.1) is 6.61 Å². The molecule has 2 fully saturated rings. The summed E-state index contributed by atoms with van der Waals surface area (Å²) in [4.78, 5) is 11.4. The lowest BCUT2D eigenvalue weighted by Gasteiger charge is -2.47. The van der Waals surface area contributed by atoms with Crippen molar-refractivity contribution in [2.24, 2.45) is 0 Å². The number of esters is 1. The highest BCUT2D eigenvalue weighted by Gasteiger charge is 2.51. The van der Waals surface area contributed by atoms with E-state index in [9.17, 15) is 30.3 Å². The molecule has 2 saturated heterocycles. The first kappa shape index (κ1) is 37.3. The van der Waals surface area contributed by atoms with Crippen molar-refractivity contribution in [1.82, 2.24) is 0 Å². The third-order valence-corrected chi connectivity index (χ3v) is 7.81. The number of hydrogen-bond donors (Lipinski definition) is 5. The minimum Gasteiger partial charge on any atom is -0.463 e. The molecule has 12 heteroatoms. The third kappa shape index (κ3) is 12.2. The van der Waals surface area contributed by atoms with Crippen molar-refractivity contribution in [3.8, 4) is 0 Å². The van der Waals surface area contributed by atoms with E-state index in [1.807, 2.05) is 0 Å². The van der Waals surface area contributed by atoms with Gasteiger partial charge in [0.15, 0.2) is 12.6 Å². The Morgan fingerprint density at radius 3 is 1.76 bits per heavy atom. The van der Waals surface area contributed by atoms with Crippen molar-refractivity contribution in [3.05, 3.63) is 0 Å². The van der Waals surface area contributed by atoms with Crippen molar-refractivity contribution in [3.63, 3.8) is 0 Å². The quantitative estimate of drug-likeness (QED) is 0.0948. The highest BCUT2D eigenvalue weighted by atomic mass is 16.7. The summed E-state index contributed by atoms with van der Waals surface area (Å²) in [5.74, 6) is -0.616. The molecule has 0 amide bonds. The predicted octanol–water partition coefficient (Wildman–Crippen LogP) is 1.94. The molecule has 10 atom stereocenters. The molecule has 248 valence electrons. The van der Waals surface area contributed by atoms with E-state index in [2.05, 4.69) is 13.8 Å². The van der Waals surface area contributed by atoms with Crippen LogP contribution in [0.4, 0.5) is 0 Å². The number of aliphatic hydroxyl groups is 5. The maximum absolute atomic E-state index is 11.4. The van der Waals surface area contributed by atoms with Gasteiger partial charge in [-0.05, 0) is 12.8 Å². The standard InChI is InChI=1S/C30H56O12/c1-4-6-8-10-12-14-16-37-27-21(18-31)41-30(25(35)28(27)38-17-15-13-11-9-7-5-2)42-26-22(19-39-20(3)32)40-29(36)24(34)23(26)33/h21-31,33-36H,4-19H2,1-3H3/t21-,22-,23-,24-,25-,26-,27+,28-,29-,30+/m1/s1. The van der Waals surface area contributed by atoms with Crippen molar-refractivity contribution in [2.75, 3.05) is 26.4 Å². The molecule has 0 aromatic carbocycles. The second-order valence-electron chi connectivity index (χ2n) is 11.4. The van der Waals surface area contributed by atoms with E-state index in [0.29, 0.717) is 13.2 Å². The Morgan fingerprint density at radius 2 is 1.21 bits per heavy atom. The van der Waals surface area contributed by atoms with Crippen LogP contribution in [0.25, 0.3) is 0 Å². The first-order chi connectivity index (χ1) is 20.2. The lowest BCUT2D eigenvalue weighted by Crippen LogP contribution is -2.65. The molecule has 0 spiro atoms. The molecule has 0 aromatic heterocycles. The topological polar surface area (TPSA) is 174 Å². The lowest BCUT2D eigenvalue weighted by molar-refractivity contribution is -0.360. The Bertz CT molecular complexity index is 712. The zero-order chi connectivity index (χ0) is 30.9. The van der Waals surface area contributed by atoms with Crippen LogP contribution < -0.4 is 0 Å². The van der Waals surface area contributed by atoms with E-state index in [-0.39, 0.29) is 6.61 Å². The normalized spacial score (nSPS) is 33.5. The maximum Gasteiger partial charge on any atom is 0.302 e. The van der Waals surface area contributed by atoms with Gasteiger partial charge in [0.1, 0.15) is 55.4 Å². The number of carbonyl (C=O) groups excluding carboxylic acids is 1. The van der Waals surface area contributed by atoms with Crippen molar-refractivity contribution in [2.45, 2.75) is 159 Å². The van der Waals surface area contributed by atoms with E-state index in [0.717, 1.165) is 51.4 Å². The highest BCUT2D eigenvalue weighted by Crippen LogP contribution is 2.31. The number of ether oxygens (including phenoxy) is 6. The first-order valence-electron chi connectivity index (χ1n) is 15.9. The van der Waals surface area contributed by atoms with Gasteiger partial charge in [-0.25, -0.2) is 0 Å². The van der Waals surface area contributed by atoms with Crippen LogP contribution in [-0.2, 0) is 33.2 Å². The molecule has 12 nitrogen and oxygen atoms in total. The van der Waals surface area contributed by atoms with Gasteiger partial charge in [0, 0.05) is 20.1 Å². The second kappa shape index (κ2) is 20.9. The molecule has 0 unspecified atom stereocenters. The predicted molar refractivity (Wildman–Crippen MR) is 152 cm³/mol. The number of carbonyl (C=O) groups is 1. The Morgan fingerprint density at radius 1 is 0.667 bits per heavy atom. The maximum atomic E-state index is 11.4. The summed E-state index contributed by atoms with van der Waals surface area (Å²) in [6.07, 6.45) is -0.148. The number of rotatable bonds is 21. The fourth-order valence-electron chi connectivity index (χ4n) is 5.33. The van der Waals surface area contributed by atoms with E-state index < -0.39 is 74.0 Å². The zero-order valence-corrected chi connectivity index (χ0v) is 25.7. The van der Waals surface area contributed by atoms with Crippen LogP contribution in [0.15, 0.2) is 0 Å². The van der Waals surface area contributed by atoms with Gasteiger partial charge in [0.2, 0.25) is 0 Å². The van der Waals surface area contributed by atoms with Crippen molar-refractivity contribution < 1.29 is 58.7 Å². The molecule has 0 bridgehead atoms. The van der Waals surface area contributed by atoms with Crippen LogP contribution in [0.1, 0.15) is 97.8 Å². The SMILES string of the molecule is CCCCCCCCO[C@@H]1[C@@H](O)[C@H](O[C@H]2[C@H](O)[C@@H](O)[C@H](O)O[C@@H]2COC(C)=O)O[C@H](CO)[C@@H]1OCCCCCCCC. The monoisotopic (exact) mass is 608 g/mol. The van der Waals surface area contributed by atoms with Crippen molar-refractivity contribution in [1.29, 1.82) is 0 Å². The fraction of sp³-hybridized carbons (Fsp3) is 0.967. The molecule has 0 saturated carbocycles. The van der Waals surface area contributed by atoms with Crippen LogP contribution in [0.5, 0.6) is 0 Å². The Hall–Kier alpha value is -0.930. The van der Waals surface area contributed by atoms with Crippen LogP contribution in [0, 0.1) is 0 Å². The summed E-state index contributed by atoms with van der Waals surface area (Å²) in [6, 6.07) is 0. The summed E-state index contributed by atoms with van der Waals surface area (Å²) in [6.45, 7) is 5.48. The highest BCUT2D eigenvalue weighted by molar-refractivity contribution is 5.65. The van der Waals surface area contributed by atoms with E-state index in [1.165, 1.54) is 32.6 Å². The molecular formula is C30H56O12. The van der Waals surface area contributed by atoms with Gasteiger partial charge in [0.25, 0.3) is 0 Å². The average Bonchev–Trinajstić information content (AvgIpc) is 2.97. The molecule has 5 N–H and O–H groups in total. The molecule has 0 aromatic rings. The largest absolute Gasteiger partial charge is 0.463 e. The smallest absolute Gasteiger partial charge is 0.302 e. The second-order valence-corrected chi connectivity index (χ2v) is 11.4. The van der Waals surface area contributed by atoms with Crippen molar-refractivity contribution >= 4 is 5.97 Å². The van der Waals surface area contributed by atoms with E-state index in [4.69, 9.17) is 28.4 Å². The number of unbranched alkanes of at least 4 members (excludes halogenated alkanes) is 10. The molecule has 42 heavy (non-hydrogen) atoms. The third-order valence-electron chi connectivity index (χ3n) is 7.81. The lowest BCUT2D eigenvalue weighted by atomic mass is 9.96. The fourth-order valence-corrected chi connectivity index (χ4v) is 5.33. The van der Waals surface area contributed by atoms with Gasteiger partial charge in [-0.3, -0.25) is 4.79 Å². The molecule has 2 aliphatic rings. The van der Waals surface area contributed by atoms with E-state index >= 15 is 0 Å². The summed E-state index contributed by atoms with van der Waals surface area (Å²) >= 11 is 0. The molecule has 0 aliphatic carbocycles. The van der Waals surface area contributed by atoms with Gasteiger partial charge >= 0.3 is 5.97 Å². The molecule has 2 aliphatic heterocycles. The first-order valence-corrected chi connectivity index (χ1v) is 15.9. The number of aliphatic hydroxyl groups excluding tert-OH is 5. The Labute approximate surface area is 250 Å². The average molecular weight is 609 g/mol.